The molecule has 15 heavy (non-hydrogen) atoms. The molecule has 1 unspecified atom stereocenters. The molecule has 0 aliphatic heterocycles. The summed E-state index contributed by atoms with van der Waals surface area (Å²) in [6.45, 7) is 5.13. The van der Waals surface area contributed by atoms with E-state index in [2.05, 4.69) is 27.8 Å². The molecule has 1 fully saturated rings. The number of rotatable bonds is 7. The van der Waals surface area contributed by atoms with Gasteiger partial charge in [-0.1, -0.05) is 22.9 Å². The fraction of sp³-hybridized carbons (Fsp3) is 0.909. The van der Waals surface area contributed by atoms with Crippen molar-refractivity contribution in [2.45, 2.75) is 31.0 Å². The van der Waals surface area contributed by atoms with Gasteiger partial charge in [-0.2, -0.15) is 0 Å². The van der Waals surface area contributed by atoms with Crippen LogP contribution in [0.4, 0.5) is 0 Å². The standard InChI is InChI=1S/C11H20BrNO2/c1-3-6-13(7-9-4-5-9)8-10(12)11(14)15-2/h9-10H,3-8H2,1-2H3. The lowest BCUT2D eigenvalue weighted by molar-refractivity contribution is -0.140. The average Bonchev–Trinajstić information content (AvgIpc) is 3.00. The van der Waals surface area contributed by atoms with Crippen LogP contribution >= 0.6 is 15.9 Å². The van der Waals surface area contributed by atoms with E-state index >= 15 is 0 Å². The van der Waals surface area contributed by atoms with Gasteiger partial charge in [0.05, 0.1) is 7.11 Å². The van der Waals surface area contributed by atoms with Crippen molar-refractivity contribution in [1.29, 1.82) is 0 Å². The molecule has 0 saturated heterocycles. The number of carbonyl (C=O) groups is 1. The Kier molecular flexibility index (Phi) is 5.61. The Labute approximate surface area is 100 Å². The lowest BCUT2D eigenvalue weighted by Gasteiger charge is -2.23. The number of hydrogen-bond acceptors (Lipinski definition) is 3. The zero-order valence-electron chi connectivity index (χ0n) is 9.54. The van der Waals surface area contributed by atoms with Crippen molar-refractivity contribution in [3.8, 4) is 0 Å². The summed E-state index contributed by atoms with van der Waals surface area (Å²) in [5, 5.41) is 0. The maximum Gasteiger partial charge on any atom is 0.320 e. The summed E-state index contributed by atoms with van der Waals surface area (Å²) >= 11 is 3.37. The molecule has 1 rings (SSSR count). The first-order valence-electron chi connectivity index (χ1n) is 5.61. The second kappa shape index (κ2) is 6.48. The van der Waals surface area contributed by atoms with Gasteiger partial charge in [-0.15, -0.1) is 0 Å². The topological polar surface area (TPSA) is 29.5 Å². The quantitative estimate of drug-likeness (QED) is 0.527. The predicted octanol–water partition coefficient (Wildman–Crippen LogP) is 2.04. The van der Waals surface area contributed by atoms with E-state index in [0.717, 1.165) is 32.0 Å². The van der Waals surface area contributed by atoms with E-state index in [-0.39, 0.29) is 10.8 Å². The van der Waals surface area contributed by atoms with Crippen LogP contribution < -0.4 is 0 Å². The van der Waals surface area contributed by atoms with Gasteiger partial charge >= 0.3 is 5.97 Å². The first kappa shape index (κ1) is 13.0. The smallest absolute Gasteiger partial charge is 0.320 e. The normalized spacial score (nSPS) is 17.9. The number of carbonyl (C=O) groups excluding carboxylic acids is 1. The van der Waals surface area contributed by atoms with Crippen LogP contribution in [0.25, 0.3) is 0 Å². The highest BCUT2D eigenvalue weighted by Crippen LogP contribution is 2.30. The van der Waals surface area contributed by atoms with Crippen molar-refractivity contribution >= 4 is 21.9 Å². The Morgan fingerprint density at radius 1 is 1.60 bits per heavy atom. The van der Waals surface area contributed by atoms with Crippen LogP contribution in [0.2, 0.25) is 0 Å². The molecule has 0 spiro atoms. The first-order valence-corrected chi connectivity index (χ1v) is 6.53. The molecule has 4 heteroatoms. The molecule has 88 valence electrons. The average molecular weight is 278 g/mol. The number of methoxy groups -OCH3 is 1. The molecule has 0 bridgehead atoms. The van der Waals surface area contributed by atoms with Gasteiger partial charge < -0.3 is 9.64 Å². The van der Waals surface area contributed by atoms with Gasteiger partial charge in [0.25, 0.3) is 0 Å². The molecule has 0 aromatic heterocycles. The third-order valence-corrected chi connectivity index (χ3v) is 3.29. The molecule has 0 radical (unpaired) electrons. The summed E-state index contributed by atoms with van der Waals surface area (Å²) in [5.41, 5.74) is 0. The molecule has 0 amide bonds. The first-order chi connectivity index (χ1) is 7.17. The van der Waals surface area contributed by atoms with Crippen molar-refractivity contribution in [2.75, 3.05) is 26.7 Å². The molecule has 0 aromatic carbocycles. The molecule has 3 nitrogen and oxygen atoms in total. The van der Waals surface area contributed by atoms with Gasteiger partial charge in [0.1, 0.15) is 4.83 Å². The monoisotopic (exact) mass is 277 g/mol. The van der Waals surface area contributed by atoms with E-state index in [4.69, 9.17) is 4.74 Å². The molecule has 0 aromatic rings. The highest BCUT2D eigenvalue weighted by Gasteiger charge is 2.26. The van der Waals surface area contributed by atoms with Gasteiger partial charge in [-0.05, 0) is 31.7 Å². The van der Waals surface area contributed by atoms with Gasteiger partial charge in [0, 0.05) is 13.1 Å². The summed E-state index contributed by atoms with van der Waals surface area (Å²) in [5.74, 6) is 0.695. The van der Waals surface area contributed by atoms with E-state index in [1.54, 1.807) is 0 Å². The van der Waals surface area contributed by atoms with Crippen molar-refractivity contribution in [3.63, 3.8) is 0 Å². The molecule has 0 N–H and O–H groups in total. The van der Waals surface area contributed by atoms with Crippen LogP contribution in [0.5, 0.6) is 0 Å². The zero-order valence-corrected chi connectivity index (χ0v) is 11.1. The summed E-state index contributed by atoms with van der Waals surface area (Å²) < 4.78 is 4.70. The number of hydrogen-bond donors (Lipinski definition) is 0. The summed E-state index contributed by atoms with van der Waals surface area (Å²) in [6, 6.07) is 0. The third-order valence-electron chi connectivity index (χ3n) is 2.63. The highest BCUT2D eigenvalue weighted by molar-refractivity contribution is 9.10. The minimum absolute atomic E-state index is 0.174. The van der Waals surface area contributed by atoms with E-state index < -0.39 is 0 Å². The molecule has 1 atom stereocenters. The highest BCUT2D eigenvalue weighted by atomic mass is 79.9. The second-order valence-electron chi connectivity index (χ2n) is 4.19. The molecule has 1 aliphatic rings. The van der Waals surface area contributed by atoms with Gasteiger partial charge in [0.2, 0.25) is 0 Å². The fourth-order valence-corrected chi connectivity index (χ4v) is 2.26. The Bertz CT molecular complexity index is 207. The van der Waals surface area contributed by atoms with Gasteiger partial charge in [-0.3, -0.25) is 4.79 Å². The Morgan fingerprint density at radius 2 is 2.27 bits per heavy atom. The van der Waals surface area contributed by atoms with E-state index in [1.165, 1.54) is 20.0 Å². The SMILES string of the molecule is CCCN(CC1CC1)CC(Br)C(=O)OC. The van der Waals surface area contributed by atoms with E-state index in [1.807, 2.05) is 0 Å². The predicted molar refractivity (Wildman–Crippen MR) is 64.2 cm³/mol. The van der Waals surface area contributed by atoms with Crippen LogP contribution in [0.3, 0.4) is 0 Å². The molecular formula is C11H20BrNO2. The Hall–Kier alpha value is -0.0900. The summed E-state index contributed by atoms with van der Waals surface area (Å²) in [6.07, 6.45) is 3.84. The fourth-order valence-electron chi connectivity index (χ4n) is 1.67. The van der Waals surface area contributed by atoms with Crippen LogP contribution in [-0.2, 0) is 9.53 Å². The van der Waals surface area contributed by atoms with Crippen molar-refractivity contribution in [2.24, 2.45) is 5.92 Å². The summed E-state index contributed by atoms with van der Waals surface area (Å²) in [4.78, 5) is 13.4. The molecular weight excluding hydrogens is 258 g/mol. The van der Waals surface area contributed by atoms with Crippen molar-refractivity contribution < 1.29 is 9.53 Å². The number of esters is 1. The molecule has 1 aliphatic carbocycles. The maximum absolute atomic E-state index is 11.3. The van der Waals surface area contributed by atoms with Crippen molar-refractivity contribution in [3.05, 3.63) is 0 Å². The van der Waals surface area contributed by atoms with Crippen LogP contribution in [-0.4, -0.2) is 42.4 Å². The second-order valence-corrected chi connectivity index (χ2v) is 5.30. The number of alkyl halides is 1. The lowest BCUT2D eigenvalue weighted by Crippen LogP contribution is -2.36. The maximum atomic E-state index is 11.3. The largest absolute Gasteiger partial charge is 0.468 e. The van der Waals surface area contributed by atoms with Gasteiger partial charge in [0.15, 0.2) is 0 Å². The van der Waals surface area contributed by atoms with Gasteiger partial charge in [-0.25, -0.2) is 0 Å². The molecule has 0 heterocycles. The van der Waals surface area contributed by atoms with Crippen LogP contribution in [0.1, 0.15) is 26.2 Å². The van der Waals surface area contributed by atoms with E-state index in [0.29, 0.717) is 0 Å². The van der Waals surface area contributed by atoms with Crippen LogP contribution in [0, 0.1) is 5.92 Å². The lowest BCUT2D eigenvalue weighted by atomic mass is 10.3. The van der Waals surface area contributed by atoms with Crippen molar-refractivity contribution in [1.82, 2.24) is 4.90 Å². The molecule has 1 saturated carbocycles. The minimum Gasteiger partial charge on any atom is -0.468 e. The number of ether oxygens (including phenoxy) is 1. The Morgan fingerprint density at radius 3 is 2.73 bits per heavy atom. The zero-order chi connectivity index (χ0) is 11.3. The van der Waals surface area contributed by atoms with Crippen LogP contribution in [0.15, 0.2) is 0 Å². The minimum atomic E-state index is -0.187. The number of nitrogens with zero attached hydrogens (tertiary/aromatic N) is 1. The summed E-state index contributed by atoms with van der Waals surface area (Å²) in [7, 11) is 1.43. The number of halogens is 1. The third kappa shape index (κ3) is 4.98. The Balaban J connectivity index is 2.30. The van der Waals surface area contributed by atoms with E-state index in [9.17, 15) is 4.79 Å².